The standard InChI is InChI=1S/C47H67N3O14/c1-26-10-16-34-28(3)37(57-42-46(34)32(26)20-22-44(5,59-42)61-63-46)9-8-24-49(41(53)30-12-14-31(15-13-30)50(54)55)36(40(52)48-25-39(51)56-7)18-19-38-29(4)35-17-11-27(2)33-21-23-45(6)60-43(58-38)47(33,35)64-62-45/h12-15,26-29,32-38,42-43H,8-11,16-25H2,1-7H3,(H,48,52)/t26-,27-,28-,29-,32+,33+,34+,35+,36?,37-,38-,42-,43-,44-,45-,46-,47-/m1/s1. The lowest BCUT2D eigenvalue weighted by atomic mass is 9.57. The Hall–Kier alpha value is -3.29. The van der Waals surface area contributed by atoms with Crippen molar-refractivity contribution in [2.24, 2.45) is 47.3 Å². The quantitative estimate of drug-likeness (QED) is 0.0945. The van der Waals surface area contributed by atoms with E-state index in [9.17, 15) is 24.5 Å². The largest absolute Gasteiger partial charge is 0.468 e. The second-order valence-electron chi connectivity index (χ2n) is 20.7. The Morgan fingerprint density at radius 1 is 0.781 bits per heavy atom. The molecule has 2 amide bonds. The number of non-ortho nitro benzene ring substituents is 1. The van der Waals surface area contributed by atoms with Crippen LogP contribution in [-0.2, 0) is 52.8 Å². The first-order valence-corrected chi connectivity index (χ1v) is 23.8. The van der Waals surface area contributed by atoms with Crippen LogP contribution in [0.2, 0.25) is 0 Å². The van der Waals surface area contributed by atoms with Crippen molar-refractivity contribution in [2.45, 2.75) is 172 Å². The number of carbonyl (C=O) groups is 3. The van der Waals surface area contributed by atoms with Gasteiger partial charge in [0, 0.05) is 48.9 Å². The Balaban J connectivity index is 0.981. The van der Waals surface area contributed by atoms with Crippen LogP contribution < -0.4 is 5.32 Å². The van der Waals surface area contributed by atoms with E-state index in [4.69, 9.17) is 43.2 Å². The smallest absolute Gasteiger partial charge is 0.325 e. The molecule has 2 aliphatic carbocycles. The third-order valence-electron chi connectivity index (χ3n) is 17.1. The number of fused-ring (bicyclic) bond motifs is 4. The number of hydrogen-bond donors (Lipinski definition) is 1. The van der Waals surface area contributed by atoms with E-state index in [1.807, 2.05) is 13.8 Å². The molecule has 4 bridgehead atoms. The van der Waals surface area contributed by atoms with Gasteiger partial charge in [-0.05, 0) is 126 Å². The van der Waals surface area contributed by atoms with E-state index in [-0.39, 0.29) is 78.5 Å². The molecule has 8 heterocycles. The van der Waals surface area contributed by atoms with Gasteiger partial charge in [0.2, 0.25) is 17.5 Å². The highest BCUT2D eigenvalue weighted by molar-refractivity contribution is 5.98. The first-order chi connectivity index (χ1) is 30.5. The minimum atomic E-state index is -1.05. The molecule has 2 saturated carbocycles. The molecule has 354 valence electrons. The molecule has 64 heavy (non-hydrogen) atoms. The maximum Gasteiger partial charge on any atom is 0.325 e. The van der Waals surface area contributed by atoms with Crippen molar-refractivity contribution in [3.63, 3.8) is 0 Å². The van der Waals surface area contributed by atoms with Crippen LogP contribution in [0.5, 0.6) is 0 Å². The van der Waals surface area contributed by atoms with E-state index in [1.54, 1.807) is 4.90 Å². The summed E-state index contributed by atoms with van der Waals surface area (Å²) in [5.74, 6) is -2.01. The molecule has 0 aromatic heterocycles. The maximum atomic E-state index is 14.8. The van der Waals surface area contributed by atoms with Gasteiger partial charge in [-0.3, -0.25) is 24.5 Å². The maximum absolute atomic E-state index is 14.8. The zero-order valence-electron chi connectivity index (χ0n) is 38.3. The first-order valence-electron chi connectivity index (χ1n) is 23.8. The van der Waals surface area contributed by atoms with Gasteiger partial charge in [-0.25, -0.2) is 19.6 Å². The van der Waals surface area contributed by atoms with Gasteiger partial charge in [0.25, 0.3) is 11.6 Å². The van der Waals surface area contributed by atoms with E-state index < -0.39 is 64.1 Å². The van der Waals surface area contributed by atoms with E-state index in [1.165, 1.54) is 31.4 Å². The van der Waals surface area contributed by atoms with E-state index in [2.05, 4.69) is 33.0 Å². The number of hydrogen-bond acceptors (Lipinski definition) is 14. The first kappa shape index (κ1) is 45.8. The minimum absolute atomic E-state index is 0.00720. The van der Waals surface area contributed by atoms with E-state index >= 15 is 0 Å². The summed E-state index contributed by atoms with van der Waals surface area (Å²) in [5, 5.41) is 14.3. The summed E-state index contributed by atoms with van der Waals surface area (Å²) < 4.78 is 31.9. The highest BCUT2D eigenvalue weighted by Crippen LogP contribution is 2.62. The summed E-state index contributed by atoms with van der Waals surface area (Å²) in [4.78, 5) is 79.0. The molecule has 8 aliphatic heterocycles. The number of nitro benzene ring substituents is 1. The van der Waals surface area contributed by atoms with Gasteiger partial charge in [0.05, 0.1) is 24.2 Å². The van der Waals surface area contributed by atoms with Crippen molar-refractivity contribution in [3.8, 4) is 0 Å². The minimum Gasteiger partial charge on any atom is -0.468 e. The fourth-order valence-electron chi connectivity index (χ4n) is 13.5. The monoisotopic (exact) mass is 897 g/mol. The molecule has 1 N–H and O–H groups in total. The zero-order valence-corrected chi connectivity index (χ0v) is 38.3. The number of carbonyl (C=O) groups excluding carboxylic acids is 3. The fourth-order valence-corrected chi connectivity index (χ4v) is 13.5. The molecule has 10 aliphatic rings. The third-order valence-corrected chi connectivity index (χ3v) is 17.1. The zero-order chi connectivity index (χ0) is 45.3. The van der Waals surface area contributed by atoms with Crippen LogP contribution in [-0.4, -0.2) is 101 Å². The lowest BCUT2D eigenvalue weighted by molar-refractivity contribution is -0.571. The van der Waals surface area contributed by atoms with Crippen LogP contribution in [0.15, 0.2) is 24.3 Å². The number of amides is 2. The highest BCUT2D eigenvalue weighted by Gasteiger charge is 2.71. The summed E-state index contributed by atoms with van der Waals surface area (Å²) in [6, 6.07) is 4.35. The molecule has 8 saturated heterocycles. The van der Waals surface area contributed by atoms with Crippen LogP contribution in [0.25, 0.3) is 0 Å². The summed E-state index contributed by atoms with van der Waals surface area (Å²) in [7, 11) is 1.24. The highest BCUT2D eigenvalue weighted by atomic mass is 17.3. The Morgan fingerprint density at radius 3 is 1.83 bits per heavy atom. The topological polar surface area (TPSA) is 193 Å². The van der Waals surface area contributed by atoms with Gasteiger partial charge in [-0.2, -0.15) is 0 Å². The number of ether oxygens (including phenoxy) is 5. The average molecular weight is 898 g/mol. The second-order valence-corrected chi connectivity index (χ2v) is 20.7. The van der Waals surface area contributed by atoms with Crippen LogP contribution >= 0.6 is 0 Å². The summed E-state index contributed by atoms with van der Waals surface area (Å²) >= 11 is 0. The second kappa shape index (κ2) is 17.4. The van der Waals surface area contributed by atoms with E-state index in [0.29, 0.717) is 43.9 Å². The van der Waals surface area contributed by atoms with Crippen LogP contribution in [0.3, 0.4) is 0 Å². The normalized spacial score (nSPS) is 43.4. The van der Waals surface area contributed by atoms with Crippen LogP contribution in [0.1, 0.15) is 129 Å². The summed E-state index contributed by atoms with van der Waals surface area (Å²) in [5.41, 5.74) is -1.44. The van der Waals surface area contributed by atoms with Gasteiger partial charge in [0.1, 0.15) is 12.6 Å². The molecule has 17 heteroatoms. The molecule has 10 fully saturated rings. The van der Waals surface area contributed by atoms with Crippen molar-refractivity contribution < 1.29 is 62.5 Å². The molecule has 0 radical (unpaired) electrons. The number of esters is 1. The van der Waals surface area contributed by atoms with Crippen molar-refractivity contribution in [2.75, 3.05) is 20.2 Å². The van der Waals surface area contributed by atoms with E-state index in [0.717, 1.165) is 38.5 Å². The molecule has 17 atom stereocenters. The Labute approximate surface area is 375 Å². The van der Waals surface area contributed by atoms with Crippen LogP contribution in [0, 0.1) is 57.5 Å². The molecule has 17 nitrogen and oxygen atoms in total. The Morgan fingerprint density at radius 2 is 1.31 bits per heavy atom. The van der Waals surface area contributed by atoms with Crippen molar-refractivity contribution in [1.82, 2.24) is 10.2 Å². The van der Waals surface area contributed by atoms with Gasteiger partial charge >= 0.3 is 5.97 Å². The lowest BCUT2D eigenvalue weighted by Gasteiger charge is -2.60. The van der Waals surface area contributed by atoms with Gasteiger partial charge in [0.15, 0.2) is 23.8 Å². The fraction of sp³-hybridized carbons (Fsp3) is 0.809. The lowest BCUT2D eigenvalue weighted by Crippen LogP contribution is -2.70. The predicted molar refractivity (Wildman–Crippen MR) is 225 cm³/mol. The molecule has 2 spiro atoms. The number of nitro groups is 1. The number of rotatable bonds is 13. The molecular formula is C47H67N3O14. The average Bonchev–Trinajstić information content (AvgIpc) is 3.66. The summed E-state index contributed by atoms with van der Waals surface area (Å²) in [6.07, 6.45) is 6.85. The van der Waals surface area contributed by atoms with Crippen molar-refractivity contribution in [1.29, 1.82) is 0 Å². The van der Waals surface area contributed by atoms with Gasteiger partial charge in [-0.15, -0.1) is 0 Å². The number of nitrogens with one attached hydrogen (secondary N) is 1. The Bertz CT molecular complexity index is 1940. The SMILES string of the molecule is COC(=O)CNC(=O)C(CC[C@H]1O[C@@H]2O[C@@]3(C)CC[C@H]4[C@H](C)CC[C@@H]([C@H]1C)[C@@]24OO3)N(CCC[C@H]1O[C@@H]2O[C@@]3(C)CC[C@H]4[C@H](C)CC[C@@H]([C@H]1C)[C@@]24OO3)C(=O)c1ccc([N+](=O)[O-])cc1. The third kappa shape index (κ3) is 7.76. The number of nitrogens with zero attached hydrogens (tertiary/aromatic N) is 2. The van der Waals surface area contributed by atoms with Crippen LogP contribution in [0.4, 0.5) is 5.69 Å². The molecule has 1 unspecified atom stereocenters. The molecular weight excluding hydrogens is 831 g/mol. The number of methoxy groups -OCH3 is 1. The van der Waals surface area contributed by atoms with Gasteiger partial charge < -0.3 is 33.9 Å². The molecule has 11 rings (SSSR count). The molecule has 1 aromatic carbocycles. The Kier molecular flexibility index (Phi) is 12.5. The van der Waals surface area contributed by atoms with Crippen molar-refractivity contribution >= 4 is 23.5 Å². The number of benzene rings is 1. The predicted octanol–water partition coefficient (Wildman–Crippen LogP) is 6.76. The van der Waals surface area contributed by atoms with Crippen molar-refractivity contribution in [3.05, 3.63) is 39.9 Å². The van der Waals surface area contributed by atoms with Gasteiger partial charge in [-0.1, -0.05) is 27.7 Å². The summed E-state index contributed by atoms with van der Waals surface area (Å²) in [6.45, 7) is 12.5. The molecule has 1 aromatic rings.